The number of nitrogens with zero attached hydrogens (tertiary/aromatic N) is 2. The summed E-state index contributed by atoms with van der Waals surface area (Å²) in [7, 11) is 2.12. The largest absolute Gasteiger partial charge is 0.409 e. The van der Waals surface area contributed by atoms with Crippen LogP contribution in [0.5, 0.6) is 0 Å². The van der Waals surface area contributed by atoms with Crippen LogP contribution in [0.25, 0.3) is 6.08 Å². The maximum absolute atomic E-state index is 2.44. The monoisotopic (exact) mass is 291 g/mol. The van der Waals surface area contributed by atoms with Gasteiger partial charge in [-0.3, -0.25) is 4.81 Å². The SMILES string of the molecule is CB1c2ccccc2C=C(C)N1c1cc(C(C)C)cc[n+]1C. The molecular weight excluding hydrogens is 267 g/mol. The second-order valence-corrected chi connectivity index (χ2v) is 6.54. The standard InChI is InChI=1S/C19H24BN2/c1-14(2)16-10-11-21(5)19(13-16)22-15(3)12-17-8-6-7-9-18(17)20(22)4/h6-14H,1-5H3/q+1. The summed E-state index contributed by atoms with van der Waals surface area (Å²) in [6, 6.07) is 13.2. The van der Waals surface area contributed by atoms with Crippen LogP contribution in [0.2, 0.25) is 6.82 Å². The Morgan fingerprint density at radius 3 is 2.59 bits per heavy atom. The third kappa shape index (κ3) is 2.45. The Morgan fingerprint density at radius 1 is 1.14 bits per heavy atom. The Balaban J connectivity index is 2.12. The minimum absolute atomic E-state index is 0.342. The van der Waals surface area contributed by atoms with Gasteiger partial charge in [-0.15, -0.1) is 0 Å². The van der Waals surface area contributed by atoms with Gasteiger partial charge in [-0.1, -0.05) is 38.1 Å². The molecule has 0 saturated carbocycles. The highest BCUT2D eigenvalue weighted by Crippen LogP contribution is 2.25. The zero-order chi connectivity index (χ0) is 15.9. The van der Waals surface area contributed by atoms with Crippen LogP contribution in [0, 0.1) is 0 Å². The molecule has 0 amide bonds. The first-order valence-electron chi connectivity index (χ1n) is 8.05. The molecular formula is C19H24BN2+. The molecule has 1 aliphatic heterocycles. The second kappa shape index (κ2) is 5.64. The molecule has 0 unspecified atom stereocenters. The maximum atomic E-state index is 2.44. The van der Waals surface area contributed by atoms with Gasteiger partial charge in [0.05, 0.1) is 18.9 Å². The van der Waals surface area contributed by atoms with Crippen molar-refractivity contribution in [2.75, 3.05) is 4.81 Å². The molecule has 0 spiro atoms. The molecule has 1 aromatic carbocycles. The van der Waals surface area contributed by atoms with E-state index in [4.69, 9.17) is 0 Å². The number of aromatic nitrogens is 1. The van der Waals surface area contributed by atoms with E-state index in [1.807, 2.05) is 0 Å². The Morgan fingerprint density at radius 2 is 1.86 bits per heavy atom. The summed E-state index contributed by atoms with van der Waals surface area (Å²) in [5, 5.41) is 0. The van der Waals surface area contributed by atoms with Crippen LogP contribution in [0.15, 0.2) is 48.3 Å². The van der Waals surface area contributed by atoms with Gasteiger partial charge in [0.15, 0.2) is 0 Å². The van der Waals surface area contributed by atoms with Gasteiger partial charge >= 0.3 is 6.85 Å². The minimum atomic E-state index is 0.342. The van der Waals surface area contributed by atoms with Crippen LogP contribution < -0.4 is 14.8 Å². The summed E-state index contributed by atoms with van der Waals surface area (Å²) in [4.78, 5) is 2.44. The number of fused-ring (bicyclic) bond motifs is 1. The van der Waals surface area contributed by atoms with Crippen LogP contribution >= 0.6 is 0 Å². The third-order valence-corrected chi connectivity index (χ3v) is 4.64. The Kier molecular flexibility index (Phi) is 3.82. The van der Waals surface area contributed by atoms with Crippen molar-refractivity contribution in [3.05, 3.63) is 59.4 Å². The molecule has 1 aromatic heterocycles. The lowest BCUT2D eigenvalue weighted by atomic mass is 9.53. The zero-order valence-corrected chi connectivity index (χ0v) is 14.2. The number of anilines is 1. The number of allylic oxidation sites excluding steroid dienone is 1. The van der Waals surface area contributed by atoms with Gasteiger partial charge in [-0.2, -0.15) is 0 Å². The van der Waals surface area contributed by atoms with Crippen LogP contribution in [0.3, 0.4) is 0 Å². The fourth-order valence-corrected chi connectivity index (χ4v) is 3.31. The highest BCUT2D eigenvalue weighted by Gasteiger charge is 2.36. The fourth-order valence-electron chi connectivity index (χ4n) is 3.31. The summed E-state index contributed by atoms with van der Waals surface area (Å²) in [6.45, 7) is 9.33. The molecule has 0 aliphatic carbocycles. The Hall–Kier alpha value is -2.03. The molecule has 1 aliphatic rings. The van der Waals surface area contributed by atoms with E-state index >= 15 is 0 Å². The van der Waals surface area contributed by atoms with E-state index < -0.39 is 0 Å². The first kappa shape index (κ1) is 14.9. The molecule has 2 nitrogen and oxygen atoms in total. The van der Waals surface area contributed by atoms with Crippen LogP contribution in [-0.4, -0.2) is 6.85 Å². The van der Waals surface area contributed by atoms with Crippen molar-refractivity contribution in [1.29, 1.82) is 0 Å². The average molecular weight is 291 g/mol. The highest BCUT2D eigenvalue weighted by molar-refractivity contribution is 6.77. The first-order valence-corrected chi connectivity index (χ1v) is 8.05. The van der Waals surface area contributed by atoms with Crippen LogP contribution in [0.1, 0.15) is 37.8 Å². The summed E-state index contributed by atoms with van der Waals surface area (Å²) >= 11 is 0. The van der Waals surface area contributed by atoms with Gasteiger partial charge in [0, 0.05) is 6.07 Å². The topological polar surface area (TPSA) is 7.12 Å². The number of rotatable bonds is 2. The van der Waals surface area contributed by atoms with Gasteiger partial charge in [0.1, 0.15) is 0 Å². The van der Waals surface area contributed by atoms with E-state index in [-0.39, 0.29) is 0 Å². The van der Waals surface area contributed by atoms with Gasteiger partial charge in [0.2, 0.25) is 0 Å². The molecule has 0 N–H and O–H groups in total. The van der Waals surface area contributed by atoms with Crippen LogP contribution in [-0.2, 0) is 7.05 Å². The number of hydrogen-bond acceptors (Lipinski definition) is 1. The molecule has 2 heterocycles. The van der Waals surface area contributed by atoms with Crippen molar-refractivity contribution in [3.8, 4) is 0 Å². The van der Waals surface area contributed by atoms with E-state index in [2.05, 4.69) is 92.7 Å². The lowest BCUT2D eigenvalue weighted by Crippen LogP contribution is -2.53. The second-order valence-electron chi connectivity index (χ2n) is 6.54. The van der Waals surface area contributed by atoms with Crippen molar-refractivity contribution in [1.82, 2.24) is 0 Å². The van der Waals surface area contributed by atoms with Crippen molar-refractivity contribution in [2.45, 2.75) is 33.5 Å². The molecule has 22 heavy (non-hydrogen) atoms. The number of pyridine rings is 1. The molecule has 2 aromatic rings. The molecule has 0 saturated heterocycles. The predicted molar refractivity (Wildman–Crippen MR) is 95.5 cm³/mol. The minimum Gasteiger partial charge on any atom is -0.290 e. The summed E-state index contributed by atoms with van der Waals surface area (Å²) in [6.07, 6.45) is 4.46. The number of benzene rings is 1. The molecule has 0 radical (unpaired) electrons. The van der Waals surface area contributed by atoms with Crippen molar-refractivity contribution >= 4 is 24.2 Å². The number of hydrogen-bond donors (Lipinski definition) is 0. The molecule has 0 atom stereocenters. The summed E-state index contributed by atoms with van der Waals surface area (Å²) < 4.78 is 2.22. The van der Waals surface area contributed by atoms with Gasteiger partial charge < -0.3 is 0 Å². The Bertz CT molecular complexity index is 734. The van der Waals surface area contributed by atoms with Crippen molar-refractivity contribution < 1.29 is 4.57 Å². The lowest BCUT2D eigenvalue weighted by molar-refractivity contribution is -0.658. The summed E-state index contributed by atoms with van der Waals surface area (Å²) in [5.74, 6) is 1.79. The first-order chi connectivity index (χ1) is 10.5. The van der Waals surface area contributed by atoms with Gasteiger partial charge in [-0.05, 0) is 48.4 Å². The van der Waals surface area contributed by atoms with Crippen molar-refractivity contribution in [2.24, 2.45) is 7.05 Å². The molecule has 0 fully saturated rings. The van der Waals surface area contributed by atoms with Gasteiger partial charge in [-0.25, -0.2) is 4.57 Å². The van der Waals surface area contributed by atoms with Gasteiger partial charge in [0.25, 0.3) is 5.82 Å². The quantitative estimate of drug-likeness (QED) is 0.608. The molecule has 112 valence electrons. The average Bonchev–Trinajstić information content (AvgIpc) is 2.48. The maximum Gasteiger partial charge on any atom is 0.409 e. The lowest BCUT2D eigenvalue weighted by Gasteiger charge is -2.28. The third-order valence-electron chi connectivity index (χ3n) is 4.64. The van der Waals surface area contributed by atoms with Crippen LogP contribution in [0.4, 0.5) is 5.82 Å². The Labute approximate surface area is 134 Å². The molecule has 3 rings (SSSR count). The zero-order valence-electron chi connectivity index (χ0n) is 14.2. The smallest absolute Gasteiger partial charge is 0.290 e. The summed E-state index contributed by atoms with van der Waals surface area (Å²) in [5.41, 5.74) is 5.41. The van der Waals surface area contributed by atoms with E-state index in [1.165, 1.54) is 28.1 Å². The fraction of sp³-hybridized carbons (Fsp3) is 0.316. The van der Waals surface area contributed by atoms with E-state index in [0.717, 1.165) is 0 Å². The number of aryl methyl sites for hydroxylation is 1. The predicted octanol–water partition coefficient (Wildman–Crippen LogP) is 3.34. The van der Waals surface area contributed by atoms with E-state index in [0.29, 0.717) is 12.8 Å². The van der Waals surface area contributed by atoms with Crippen molar-refractivity contribution in [3.63, 3.8) is 0 Å². The highest BCUT2D eigenvalue weighted by atomic mass is 15.2. The molecule has 3 heteroatoms. The van der Waals surface area contributed by atoms with E-state index in [1.54, 1.807) is 0 Å². The normalized spacial score (nSPS) is 14.2. The van der Waals surface area contributed by atoms with E-state index in [9.17, 15) is 0 Å². The molecule has 0 bridgehead atoms.